The van der Waals surface area contributed by atoms with Gasteiger partial charge in [-0.2, -0.15) is 15.6 Å². The van der Waals surface area contributed by atoms with Crippen LogP contribution < -0.4 is 29.4 Å². The molecule has 0 aliphatic rings. The minimum Gasteiger partial charge on any atom is -0.822 e. The third-order valence-electron chi connectivity index (χ3n) is 0. The fourth-order valence-corrected chi connectivity index (χ4v) is 0. The molecule has 76 valence electrons. The number of hydrogen-bond donors (Lipinski definition) is 0. The van der Waals surface area contributed by atoms with E-state index in [1.54, 1.807) is 0 Å². The molecule has 0 aromatic heterocycles. The van der Waals surface area contributed by atoms with Crippen molar-refractivity contribution in [2.24, 2.45) is 0 Å². The zero-order valence-corrected chi connectivity index (χ0v) is 10.9. The Morgan fingerprint density at radius 3 is 0.583 bits per heavy atom. The molecule has 0 unspecified atom stereocenters. The largest absolute Gasteiger partial charge is 3.00 e. The van der Waals surface area contributed by atoms with E-state index in [-0.39, 0.29) is 77.2 Å². The minimum absolute atomic E-state index is 0. The van der Waals surface area contributed by atoms with Gasteiger partial charge in [0.1, 0.15) is 0 Å². The van der Waals surface area contributed by atoms with E-state index >= 15 is 0 Å². The van der Waals surface area contributed by atoms with E-state index in [2.05, 4.69) is 0 Å². The Labute approximate surface area is 129 Å². The summed E-state index contributed by atoms with van der Waals surface area (Å²) in [4.78, 5) is 51.3. The van der Waals surface area contributed by atoms with Crippen LogP contribution in [-0.2, 0) is 9.13 Å². The molecule has 12 heavy (non-hydrogen) atoms. The van der Waals surface area contributed by atoms with Gasteiger partial charge in [0.25, 0.3) is 0 Å². The summed E-state index contributed by atoms with van der Waals surface area (Å²) in [5, 5.41) is 0. The molecule has 0 bridgehead atoms. The molecule has 12 heteroatoms. The number of phosphoric acid groups is 2. The van der Waals surface area contributed by atoms with E-state index < -0.39 is 15.6 Å². The van der Waals surface area contributed by atoms with Crippen molar-refractivity contribution in [3.05, 3.63) is 0 Å². The van der Waals surface area contributed by atoms with Gasteiger partial charge in [-0.3, -0.25) is 0 Å². The molecular formula is O8P2Tb2. The number of rotatable bonds is 0. The van der Waals surface area contributed by atoms with Crippen molar-refractivity contribution < 1.29 is 116 Å². The predicted molar refractivity (Wildman–Crippen MR) is 15.2 cm³/mol. The average Bonchev–Trinajstić information content (AvgIpc) is 1.12. The first kappa shape index (κ1) is 24.2. The molecule has 0 aliphatic heterocycles. The van der Waals surface area contributed by atoms with Gasteiger partial charge in [-0.15, -0.1) is 0 Å². The van der Waals surface area contributed by atoms with Gasteiger partial charge in [-0.1, -0.05) is 0 Å². The SMILES string of the molecule is O=P([O-])([O-])[O-].O=P([O-])([O-])[O-].[Tb+3].[Tb+3]. The van der Waals surface area contributed by atoms with Gasteiger partial charge >= 0.3 is 77.2 Å². The van der Waals surface area contributed by atoms with E-state index in [9.17, 15) is 0 Å². The van der Waals surface area contributed by atoms with Gasteiger partial charge in [0.15, 0.2) is 0 Å². The summed E-state index contributed by atoms with van der Waals surface area (Å²) in [5.74, 6) is 0. The third-order valence-corrected chi connectivity index (χ3v) is 0. The quantitative estimate of drug-likeness (QED) is 0.292. The molecule has 0 aliphatic carbocycles. The Morgan fingerprint density at radius 2 is 0.583 bits per heavy atom. The Hall–Kier alpha value is 2.79. The van der Waals surface area contributed by atoms with Crippen molar-refractivity contribution in [1.82, 2.24) is 0 Å². The summed E-state index contributed by atoms with van der Waals surface area (Å²) >= 11 is 0. The molecule has 0 rings (SSSR count). The molecule has 8 nitrogen and oxygen atoms in total. The monoisotopic (exact) mass is 508 g/mol. The summed E-state index contributed by atoms with van der Waals surface area (Å²) in [6.07, 6.45) is 0. The number of hydrogen-bond acceptors (Lipinski definition) is 8. The van der Waals surface area contributed by atoms with E-state index in [0.29, 0.717) is 0 Å². The second-order valence-electron chi connectivity index (χ2n) is 0.894. The van der Waals surface area contributed by atoms with Crippen LogP contribution in [0.4, 0.5) is 0 Å². The maximum absolute atomic E-state index is 8.55. The molecule has 0 atom stereocenters. The van der Waals surface area contributed by atoms with Gasteiger partial charge in [0, 0.05) is 0 Å². The second kappa shape index (κ2) is 10.3. The summed E-state index contributed by atoms with van der Waals surface area (Å²) in [5.41, 5.74) is 0. The smallest absolute Gasteiger partial charge is 0.822 e. The van der Waals surface area contributed by atoms with Crippen LogP contribution in [0.3, 0.4) is 0 Å². The fraction of sp³-hybridized carbons (Fsp3) is 0. The van der Waals surface area contributed by atoms with E-state index in [1.165, 1.54) is 0 Å². The molecule has 0 N–H and O–H groups in total. The first-order valence-corrected chi connectivity index (χ1v) is 4.38. The van der Waals surface area contributed by atoms with Crippen molar-refractivity contribution in [3.8, 4) is 0 Å². The van der Waals surface area contributed by atoms with Crippen LogP contribution in [0.5, 0.6) is 0 Å². The van der Waals surface area contributed by atoms with Gasteiger partial charge in [-0.25, -0.2) is 0 Å². The first-order chi connectivity index (χ1) is 4.00. The van der Waals surface area contributed by atoms with Gasteiger partial charge < -0.3 is 38.5 Å². The maximum atomic E-state index is 8.55. The third kappa shape index (κ3) is 228. The molecule has 0 aromatic carbocycles. The molecule has 0 heterocycles. The van der Waals surface area contributed by atoms with E-state index in [0.717, 1.165) is 0 Å². The predicted octanol–water partition coefficient (Wildman–Crippen LogP) is -5.65. The standard InChI is InChI=1S/2H3O4P.2Tb/c2*1-5(2,3)4;;/h2*(H3,1,2,3,4);;/q;;2*+3/p-6. The molecule has 0 saturated heterocycles. The van der Waals surface area contributed by atoms with Crippen molar-refractivity contribution in [2.75, 3.05) is 0 Å². The average molecular weight is 508 g/mol. The molecule has 0 amide bonds. The van der Waals surface area contributed by atoms with Crippen LogP contribution in [-0.4, -0.2) is 0 Å². The van der Waals surface area contributed by atoms with E-state index in [4.69, 9.17) is 38.5 Å². The van der Waals surface area contributed by atoms with Gasteiger partial charge in [0.05, 0.1) is 0 Å². The zero-order chi connectivity index (χ0) is 9.00. The maximum Gasteiger partial charge on any atom is 3.00 e. The van der Waals surface area contributed by atoms with Crippen LogP contribution in [0, 0.1) is 77.2 Å². The molecular weight excluding hydrogens is 508 g/mol. The van der Waals surface area contributed by atoms with Gasteiger partial charge in [-0.05, 0) is 0 Å². The van der Waals surface area contributed by atoms with E-state index in [1.807, 2.05) is 0 Å². The second-order valence-corrected chi connectivity index (χ2v) is 2.68. The topological polar surface area (TPSA) is 172 Å². The molecule has 0 fully saturated rings. The Morgan fingerprint density at radius 1 is 0.583 bits per heavy atom. The van der Waals surface area contributed by atoms with Crippen molar-refractivity contribution in [2.45, 2.75) is 0 Å². The van der Waals surface area contributed by atoms with Crippen molar-refractivity contribution in [3.63, 3.8) is 0 Å². The van der Waals surface area contributed by atoms with Crippen LogP contribution in [0.15, 0.2) is 0 Å². The summed E-state index contributed by atoms with van der Waals surface area (Å²) in [6.45, 7) is 0. The van der Waals surface area contributed by atoms with Gasteiger partial charge in [0.2, 0.25) is 0 Å². The Kier molecular flexibility index (Phi) is 20.8. The van der Waals surface area contributed by atoms with Crippen LogP contribution in [0.2, 0.25) is 0 Å². The first-order valence-electron chi connectivity index (χ1n) is 1.46. The molecule has 0 saturated carbocycles. The molecule has 0 aromatic rings. The van der Waals surface area contributed by atoms with Crippen LogP contribution in [0.25, 0.3) is 0 Å². The van der Waals surface area contributed by atoms with Crippen LogP contribution >= 0.6 is 15.6 Å². The molecule has 0 radical (unpaired) electrons. The van der Waals surface area contributed by atoms with Crippen molar-refractivity contribution in [1.29, 1.82) is 0 Å². The fourth-order valence-electron chi connectivity index (χ4n) is 0. The normalized spacial score (nSPS) is 9.83. The van der Waals surface area contributed by atoms with Crippen molar-refractivity contribution >= 4 is 15.6 Å². The summed E-state index contributed by atoms with van der Waals surface area (Å²) in [7, 11) is -10.8. The van der Waals surface area contributed by atoms with Crippen LogP contribution in [0.1, 0.15) is 0 Å². The molecule has 0 spiro atoms. The zero-order valence-electron chi connectivity index (χ0n) is 4.83. The summed E-state index contributed by atoms with van der Waals surface area (Å²) in [6, 6.07) is 0. The summed E-state index contributed by atoms with van der Waals surface area (Å²) < 4.78 is 17.1. The minimum atomic E-state index is -5.39. The Balaban J connectivity index is -0.0000000457. The Bertz CT molecular complexity index is 127.